The molecule has 25 heavy (non-hydrogen) atoms. The highest BCUT2D eigenvalue weighted by Gasteiger charge is 2.05. The molecule has 0 saturated heterocycles. The smallest absolute Gasteiger partial charge is 0.319 e. The molecule has 1 aromatic carbocycles. The van der Waals surface area contributed by atoms with Crippen LogP contribution >= 0.6 is 11.3 Å². The monoisotopic (exact) mass is 353 g/mol. The largest absolute Gasteiger partial charge is 0.494 e. The van der Waals surface area contributed by atoms with Crippen molar-refractivity contribution in [3.8, 4) is 16.3 Å². The molecule has 0 saturated carbocycles. The molecule has 6 heteroatoms. The first-order valence-electron chi connectivity index (χ1n) is 8.01. The lowest BCUT2D eigenvalue weighted by molar-refractivity contribution is 0.251. The fourth-order valence-electron chi connectivity index (χ4n) is 2.30. The van der Waals surface area contributed by atoms with Crippen molar-refractivity contribution in [3.63, 3.8) is 0 Å². The van der Waals surface area contributed by atoms with E-state index in [0.29, 0.717) is 13.2 Å². The summed E-state index contributed by atoms with van der Waals surface area (Å²) in [6, 6.07) is 14.9. The summed E-state index contributed by atoms with van der Waals surface area (Å²) < 4.78 is 5.38. The molecule has 2 N–H and O–H groups in total. The third-order valence-electron chi connectivity index (χ3n) is 3.47. The van der Waals surface area contributed by atoms with E-state index in [2.05, 4.69) is 15.6 Å². The summed E-state index contributed by atoms with van der Waals surface area (Å²) in [4.78, 5) is 17.5. The normalized spacial score (nSPS) is 10.3. The summed E-state index contributed by atoms with van der Waals surface area (Å²) in [6.45, 7) is 2.99. The maximum absolute atomic E-state index is 12.0. The van der Waals surface area contributed by atoms with Crippen LogP contribution in [0.5, 0.6) is 5.75 Å². The lowest BCUT2D eigenvalue weighted by Crippen LogP contribution is -2.28. The van der Waals surface area contributed by atoms with Gasteiger partial charge in [-0.05, 0) is 60.3 Å². The summed E-state index contributed by atoms with van der Waals surface area (Å²) in [7, 11) is 0. The molecule has 0 aliphatic heterocycles. The van der Waals surface area contributed by atoms with Gasteiger partial charge in [0.1, 0.15) is 5.75 Å². The van der Waals surface area contributed by atoms with Gasteiger partial charge in [0.2, 0.25) is 0 Å². The van der Waals surface area contributed by atoms with Crippen LogP contribution in [0.4, 0.5) is 10.5 Å². The van der Waals surface area contributed by atoms with Crippen LogP contribution in [0, 0.1) is 0 Å². The number of thiophene rings is 1. The molecule has 0 atom stereocenters. The van der Waals surface area contributed by atoms with Crippen molar-refractivity contribution in [2.24, 2.45) is 0 Å². The number of amides is 2. The number of anilines is 1. The number of aromatic nitrogens is 1. The molecule has 0 aliphatic carbocycles. The van der Waals surface area contributed by atoms with Gasteiger partial charge in [0.25, 0.3) is 0 Å². The number of carbonyl (C=O) groups is 1. The molecule has 128 valence electrons. The van der Waals surface area contributed by atoms with Gasteiger partial charge in [0.05, 0.1) is 17.2 Å². The van der Waals surface area contributed by atoms with Crippen LogP contribution in [-0.4, -0.2) is 17.6 Å². The van der Waals surface area contributed by atoms with Crippen LogP contribution in [-0.2, 0) is 6.54 Å². The second-order valence-electron chi connectivity index (χ2n) is 5.29. The Bertz CT molecular complexity index is 817. The Balaban J connectivity index is 1.54. The van der Waals surface area contributed by atoms with Crippen molar-refractivity contribution in [1.29, 1.82) is 0 Å². The van der Waals surface area contributed by atoms with E-state index >= 15 is 0 Å². The highest BCUT2D eigenvalue weighted by atomic mass is 32.1. The number of hydrogen-bond donors (Lipinski definition) is 2. The van der Waals surface area contributed by atoms with Gasteiger partial charge in [-0.15, -0.1) is 11.3 Å². The van der Waals surface area contributed by atoms with Gasteiger partial charge in [-0.2, -0.15) is 0 Å². The number of benzene rings is 1. The maximum atomic E-state index is 12.0. The van der Waals surface area contributed by atoms with Crippen LogP contribution in [0.3, 0.4) is 0 Å². The first kappa shape index (κ1) is 17.0. The molecular formula is C19H19N3O2S. The van der Waals surface area contributed by atoms with Crippen molar-refractivity contribution in [2.45, 2.75) is 13.5 Å². The number of rotatable bonds is 6. The Labute approximate surface area is 150 Å². The van der Waals surface area contributed by atoms with Crippen molar-refractivity contribution in [1.82, 2.24) is 10.3 Å². The molecule has 2 heterocycles. The number of pyridine rings is 1. The quantitative estimate of drug-likeness (QED) is 0.684. The van der Waals surface area contributed by atoms with E-state index in [-0.39, 0.29) is 6.03 Å². The summed E-state index contributed by atoms with van der Waals surface area (Å²) in [6.07, 6.45) is 1.76. The first-order valence-corrected chi connectivity index (χ1v) is 8.89. The second kappa shape index (κ2) is 8.30. The second-order valence-corrected chi connectivity index (χ2v) is 6.24. The predicted molar refractivity (Wildman–Crippen MR) is 101 cm³/mol. The topological polar surface area (TPSA) is 63.2 Å². The minimum absolute atomic E-state index is 0.251. The number of carbonyl (C=O) groups excluding carboxylic acids is 1. The fraction of sp³-hybridized carbons (Fsp3) is 0.158. The van der Waals surface area contributed by atoms with Crippen LogP contribution in [0.2, 0.25) is 0 Å². The van der Waals surface area contributed by atoms with E-state index in [0.717, 1.165) is 27.6 Å². The molecule has 0 bridgehead atoms. The first-order chi connectivity index (χ1) is 12.2. The van der Waals surface area contributed by atoms with Crippen LogP contribution in [0.25, 0.3) is 10.6 Å². The van der Waals surface area contributed by atoms with Crippen molar-refractivity contribution < 1.29 is 9.53 Å². The average molecular weight is 353 g/mol. The molecule has 3 rings (SSSR count). The van der Waals surface area contributed by atoms with Gasteiger partial charge in [0, 0.05) is 18.4 Å². The Morgan fingerprint density at radius 1 is 1.20 bits per heavy atom. The number of urea groups is 1. The summed E-state index contributed by atoms with van der Waals surface area (Å²) in [5, 5.41) is 7.68. The van der Waals surface area contributed by atoms with Crippen molar-refractivity contribution in [2.75, 3.05) is 11.9 Å². The highest BCUT2D eigenvalue weighted by molar-refractivity contribution is 7.13. The molecular weight excluding hydrogens is 334 g/mol. The number of nitrogens with one attached hydrogen (secondary N) is 2. The third kappa shape index (κ3) is 4.81. The molecule has 0 aliphatic rings. The Morgan fingerprint density at radius 2 is 2.04 bits per heavy atom. The number of ether oxygens (including phenoxy) is 1. The van der Waals surface area contributed by atoms with Crippen LogP contribution in [0.15, 0.2) is 60.1 Å². The third-order valence-corrected chi connectivity index (χ3v) is 4.37. The lowest BCUT2D eigenvalue weighted by Gasteiger charge is -2.09. The molecule has 0 spiro atoms. The van der Waals surface area contributed by atoms with Gasteiger partial charge in [0.15, 0.2) is 0 Å². The van der Waals surface area contributed by atoms with E-state index in [1.807, 2.05) is 60.8 Å². The van der Waals surface area contributed by atoms with Crippen LogP contribution in [0.1, 0.15) is 12.5 Å². The van der Waals surface area contributed by atoms with Gasteiger partial charge >= 0.3 is 6.03 Å². The van der Waals surface area contributed by atoms with Gasteiger partial charge in [-0.3, -0.25) is 4.98 Å². The Kier molecular flexibility index (Phi) is 5.64. The van der Waals surface area contributed by atoms with Gasteiger partial charge in [-0.1, -0.05) is 6.07 Å². The minimum atomic E-state index is -0.251. The van der Waals surface area contributed by atoms with Crippen molar-refractivity contribution >= 4 is 23.1 Å². The average Bonchev–Trinajstić information content (AvgIpc) is 3.17. The zero-order valence-corrected chi connectivity index (χ0v) is 14.7. The SMILES string of the molecule is CCOc1ccc(NC(=O)NCc2ccnc(-c3cccs3)c2)cc1. The molecule has 0 fully saturated rings. The lowest BCUT2D eigenvalue weighted by atomic mass is 10.2. The van der Waals surface area contributed by atoms with E-state index < -0.39 is 0 Å². The molecule has 2 aromatic heterocycles. The summed E-state index contributed by atoms with van der Waals surface area (Å²) in [5.41, 5.74) is 2.64. The zero-order valence-electron chi connectivity index (χ0n) is 13.9. The fourth-order valence-corrected chi connectivity index (χ4v) is 3.00. The zero-order chi connectivity index (χ0) is 17.5. The molecule has 0 radical (unpaired) electrons. The van der Waals surface area contributed by atoms with Gasteiger partial charge in [-0.25, -0.2) is 4.79 Å². The number of nitrogens with zero attached hydrogens (tertiary/aromatic N) is 1. The molecule has 3 aromatic rings. The predicted octanol–water partition coefficient (Wildman–Crippen LogP) is 4.53. The maximum Gasteiger partial charge on any atom is 0.319 e. The van der Waals surface area contributed by atoms with E-state index in [1.54, 1.807) is 17.5 Å². The van der Waals surface area contributed by atoms with Crippen molar-refractivity contribution in [3.05, 3.63) is 65.7 Å². The van der Waals surface area contributed by atoms with E-state index in [9.17, 15) is 4.79 Å². The minimum Gasteiger partial charge on any atom is -0.494 e. The highest BCUT2D eigenvalue weighted by Crippen LogP contribution is 2.23. The Morgan fingerprint density at radius 3 is 2.76 bits per heavy atom. The standard InChI is InChI=1S/C19H19N3O2S/c1-2-24-16-7-5-15(6-8-16)22-19(23)21-13-14-9-10-20-17(12-14)18-4-3-11-25-18/h3-12H,2,13H2,1H3,(H2,21,22,23). The van der Waals surface area contributed by atoms with E-state index in [1.165, 1.54) is 0 Å². The summed E-state index contributed by atoms with van der Waals surface area (Å²) in [5.74, 6) is 0.784. The molecule has 2 amide bonds. The Hall–Kier alpha value is -2.86. The molecule has 0 unspecified atom stereocenters. The summed E-state index contributed by atoms with van der Waals surface area (Å²) >= 11 is 1.64. The van der Waals surface area contributed by atoms with Crippen LogP contribution < -0.4 is 15.4 Å². The van der Waals surface area contributed by atoms with Gasteiger partial charge < -0.3 is 15.4 Å². The molecule has 5 nitrogen and oxygen atoms in total. The number of hydrogen-bond acceptors (Lipinski definition) is 4. The van der Waals surface area contributed by atoms with E-state index in [4.69, 9.17) is 4.74 Å².